The zero-order valence-electron chi connectivity index (χ0n) is 26.9. The molecule has 0 spiro atoms. The Kier molecular flexibility index (Phi) is 8.81. The zero-order valence-corrected chi connectivity index (χ0v) is 29.3. The van der Waals surface area contributed by atoms with E-state index in [9.17, 15) is 22.8 Å². The first-order valence-electron chi connectivity index (χ1n) is 15.2. The summed E-state index contributed by atoms with van der Waals surface area (Å²) >= 11 is 3.35. The van der Waals surface area contributed by atoms with E-state index in [4.69, 9.17) is 4.18 Å². The molecule has 6 rings (SSSR count). The second kappa shape index (κ2) is 12.6. The highest BCUT2D eigenvalue weighted by atomic mass is 79.9. The lowest BCUT2D eigenvalue weighted by atomic mass is 10.00. The largest absolute Gasteiger partial charge is 0.325 e. The number of aromatic nitrogens is 5. The number of fused-ring (bicyclic) bond motifs is 2. The van der Waals surface area contributed by atoms with Crippen molar-refractivity contribution in [1.29, 1.82) is 0 Å². The summed E-state index contributed by atoms with van der Waals surface area (Å²) in [5.41, 5.74) is 3.22. The minimum Gasteiger partial charge on any atom is -0.325 e. The van der Waals surface area contributed by atoms with Crippen molar-refractivity contribution in [2.45, 2.75) is 58.7 Å². The SMILES string of the molecule is C=CCc1ccc(Br)nc1NC(=O)[C@@H]1C[C@@]2(COS(C)(=O)=O)CC2N1C(=O)Cn1nc(C(C)=O)c2cc(-c3cnc(C)nc3)cc(C)c21. The standard InChI is InChI=1S/C33H34BrN7O6S/c1-6-7-21-8-9-27(34)37-31(21)38-32(44)25-12-33(17-47-48(5,45)46)13-26(33)41(25)28(43)16-40-30-18(2)10-22(23-14-35-20(4)36-15-23)11-24(30)29(39-40)19(3)42/h6,8-11,14-15,25-26H,1,7,12-13,16-17H2,2-5H3,(H,37,38,44)/t25-,26?,33-/m0/s1. The molecule has 13 nitrogen and oxygen atoms in total. The van der Waals surface area contributed by atoms with Gasteiger partial charge in [0.1, 0.15) is 34.5 Å². The summed E-state index contributed by atoms with van der Waals surface area (Å²) in [6, 6.07) is 5.99. The van der Waals surface area contributed by atoms with Crippen LogP contribution in [0.1, 0.15) is 47.2 Å². The number of rotatable bonds is 11. The van der Waals surface area contributed by atoms with Crippen molar-refractivity contribution in [2.24, 2.45) is 5.41 Å². The molecule has 0 radical (unpaired) electrons. The Balaban J connectivity index is 1.34. The number of allylic oxidation sites excluding steroid dienone is 1. The third-order valence-corrected chi connectivity index (χ3v) is 9.87. The number of benzene rings is 1. The van der Waals surface area contributed by atoms with Crippen molar-refractivity contribution in [3.05, 3.63) is 76.6 Å². The average molecular weight is 737 g/mol. The van der Waals surface area contributed by atoms with Crippen LogP contribution in [0.15, 0.2) is 53.9 Å². The summed E-state index contributed by atoms with van der Waals surface area (Å²) < 4.78 is 31.0. The number of ketones is 1. The van der Waals surface area contributed by atoms with Crippen LogP contribution in [0.5, 0.6) is 0 Å². The van der Waals surface area contributed by atoms with Gasteiger partial charge in [-0.05, 0) is 83.9 Å². The Hall–Kier alpha value is -4.34. The molecule has 4 heterocycles. The van der Waals surface area contributed by atoms with E-state index in [2.05, 4.69) is 47.9 Å². The minimum absolute atomic E-state index is 0.148. The van der Waals surface area contributed by atoms with Crippen molar-refractivity contribution < 1.29 is 27.0 Å². The number of halogens is 1. The van der Waals surface area contributed by atoms with Crippen LogP contribution in [-0.2, 0) is 36.9 Å². The van der Waals surface area contributed by atoms with Crippen molar-refractivity contribution in [2.75, 3.05) is 18.2 Å². The molecule has 2 amide bonds. The van der Waals surface area contributed by atoms with Crippen LogP contribution >= 0.6 is 15.9 Å². The fourth-order valence-electron chi connectivity index (χ4n) is 6.56. The van der Waals surface area contributed by atoms with Gasteiger partial charge in [-0.3, -0.25) is 23.2 Å². The second-order valence-electron chi connectivity index (χ2n) is 12.5. The lowest BCUT2D eigenvalue weighted by Gasteiger charge is -2.27. The number of nitrogens with one attached hydrogen (secondary N) is 1. The van der Waals surface area contributed by atoms with Gasteiger partial charge in [-0.1, -0.05) is 12.1 Å². The molecule has 1 saturated heterocycles. The highest BCUT2D eigenvalue weighted by Gasteiger charge is 2.67. The maximum absolute atomic E-state index is 14.2. The van der Waals surface area contributed by atoms with Crippen molar-refractivity contribution in [1.82, 2.24) is 29.6 Å². The molecule has 1 aliphatic heterocycles. The molecule has 3 atom stereocenters. The molecule has 0 bridgehead atoms. The van der Waals surface area contributed by atoms with Gasteiger partial charge in [0, 0.05) is 41.7 Å². The predicted molar refractivity (Wildman–Crippen MR) is 182 cm³/mol. The lowest BCUT2D eigenvalue weighted by molar-refractivity contribution is -0.138. The molecule has 48 heavy (non-hydrogen) atoms. The van der Waals surface area contributed by atoms with E-state index >= 15 is 0 Å². The first-order chi connectivity index (χ1) is 22.7. The Morgan fingerprint density at radius 1 is 1.15 bits per heavy atom. The smallest absolute Gasteiger partial charge is 0.264 e. The highest BCUT2D eigenvalue weighted by molar-refractivity contribution is 9.10. The molecular formula is C33H34BrN7O6S. The summed E-state index contributed by atoms with van der Waals surface area (Å²) in [4.78, 5) is 55.4. The summed E-state index contributed by atoms with van der Waals surface area (Å²) in [6.07, 6.45) is 7.23. The van der Waals surface area contributed by atoms with Crippen LogP contribution in [0.4, 0.5) is 5.82 Å². The fraction of sp³-hybridized carbons (Fsp3) is 0.364. The maximum atomic E-state index is 14.2. The number of Topliss-reactive ketones (excluding diaryl/α,β-unsaturated/α-hetero) is 1. The molecule has 1 aromatic carbocycles. The first-order valence-corrected chi connectivity index (χ1v) is 17.8. The molecule has 1 unspecified atom stereocenters. The molecule has 2 aliphatic rings. The monoisotopic (exact) mass is 735 g/mol. The molecule has 250 valence electrons. The number of aryl methyl sites for hydroxylation is 2. The molecule has 1 N–H and O–H groups in total. The van der Waals surface area contributed by atoms with Gasteiger partial charge in [0.15, 0.2) is 5.78 Å². The number of hydrogen-bond acceptors (Lipinski definition) is 10. The lowest BCUT2D eigenvalue weighted by Crippen LogP contribution is -2.47. The van der Waals surface area contributed by atoms with Crippen molar-refractivity contribution in [3.63, 3.8) is 0 Å². The quantitative estimate of drug-likeness (QED) is 0.102. The number of piperidine rings is 1. The number of hydrogen-bond donors (Lipinski definition) is 1. The molecular weight excluding hydrogens is 702 g/mol. The molecule has 3 aromatic heterocycles. The van der Waals surface area contributed by atoms with E-state index in [1.54, 1.807) is 31.5 Å². The molecule has 1 saturated carbocycles. The molecule has 2 fully saturated rings. The molecule has 15 heteroatoms. The number of carbonyl (C=O) groups excluding carboxylic acids is 3. The summed E-state index contributed by atoms with van der Waals surface area (Å²) in [5, 5.41) is 8.04. The molecule has 4 aromatic rings. The van der Waals surface area contributed by atoms with Gasteiger partial charge in [-0.15, -0.1) is 6.58 Å². The van der Waals surface area contributed by atoms with Gasteiger partial charge in [-0.25, -0.2) is 15.0 Å². The summed E-state index contributed by atoms with van der Waals surface area (Å²) in [5.74, 6) is -0.159. The number of pyridine rings is 1. The Bertz CT molecular complexity index is 2100. The number of amides is 2. The predicted octanol–water partition coefficient (Wildman–Crippen LogP) is 4.17. The van der Waals surface area contributed by atoms with Crippen molar-refractivity contribution >= 4 is 60.4 Å². The van der Waals surface area contributed by atoms with Gasteiger partial charge >= 0.3 is 0 Å². The second-order valence-corrected chi connectivity index (χ2v) is 14.9. The van der Waals surface area contributed by atoms with Gasteiger partial charge in [0.05, 0.1) is 18.4 Å². The Morgan fingerprint density at radius 3 is 2.54 bits per heavy atom. The van der Waals surface area contributed by atoms with Crippen LogP contribution in [0, 0.1) is 19.3 Å². The van der Waals surface area contributed by atoms with Crippen LogP contribution < -0.4 is 5.32 Å². The van der Waals surface area contributed by atoms with E-state index in [-0.39, 0.29) is 31.0 Å². The van der Waals surface area contributed by atoms with Crippen molar-refractivity contribution in [3.8, 4) is 11.1 Å². The third kappa shape index (κ3) is 6.54. The third-order valence-electron chi connectivity index (χ3n) is 8.89. The normalized spacial score (nSPS) is 20.1. The van der Waals surface area contributed by atoms with Gasteiger partial charge < -0.3 is 10.2 Å². The van der Waals surface area contributed by atoms with Gasteiger partial charge in [0.25, 0.3) is 10.1 Å². The van der Waals surface area contributed by atoms with E-state index in [0.717, 1.165) is 28.5 Å². The zero-order chi connectivity index (χ0) is 34.5. The molecule has 1 aliphatic carbocycles. The maximum Gasteiger partial charge on any atom is 0.264 e. The van der Waals surface area contributed by atoms with Crippen LogP contribution in [0.2, 0.25) is 0 Å². The fourth-order valence-corrected chi connectivity index (χ4v) is 7.32. The van der Waals surface area contributed by atoms with E-state index in [0.29, 0.717) is 40.0 Å². The van der Waals surface area contributed by atoms with E-state index in [1.165, 1.54) is 16.5 Å². The Morgan fingerprint density at radius 2 is 1.88 bits per heavy atom. The van der Waals surface area contributed by atoms with Crippen LogP contribution in [0.3, 0.4) is 0 Å². The van der Waals surface area contributed by atoms with Gasteiger partial charge in [0.2, 0.25) is 11.8 Å². The number of nitrogens with zero attached hydrogens (tertiary/aromatic N) is 6. The number of likely N-dealkylation sites (tertiary alicyclic amines) is 1. The number of anilines is 1. The Labute approximate surface area is 286 Å². The summed E-state index contributed by atoms with van der Waals surface area (Å²) in [7, 11) is -3.76. The number of carbonyl (C=O) groups is 3. The van der Waals surface area contributed by atoms with E-state index < -0.39 is 39.4 Å². The van der Waals surface area contributed by atoms with Gasteiger partial charge in [-0.2, -0.15) is 13.5 Å². The topological polar surface area (TPSA) is 166 Å². The van der Waals surface area contributed by atoms with Crippen LogP contribution in [-0.4, -0.2) is 80.6 Å². The average Bonchev–Trinajstić information content (AvgIpc) is 3.43. The minimum atomic E-state index is -3.76. The van der Waals surface area contributed by atoms with Crippen LogP contribution in [0.25, 0.3) is 22.0 Å². The summed E-state index contributed by atoms with van der Waals surface area (Å²) in [6.45, 7) is 8.47. The highest BCUT2D eigenvalue weighted by Crippen LogP contribution is 2.60. The van der Waals surface area contributed by atoms with E-state index in [1.807, 2.05) is 25.1 Å². The first kappa shape index (κ1) is 33.6.